The van der Waals surface area contributed by atoms with E-state index >= 15 is 0 Å². The van der Waals surface area contributed by atoms with Gasteiger partial charge in [-0.05, 0) is 50.5 Å². The lowest BCUT2D eigenvalue weighted by Gasteiger charge is -2.30. The lowest BCUT2D eigenvalue weighted by Crippen LogP contribution is -2.37. The molecule has 1 nitrogen and oxygen atoms in total. The molecule has 2 heterocycles. The average Bonchev–Trinajstić information content (AvgIpc) is 2.53. The maximum atomic E-state index is 2.81. The Morgan fingerprint density at radius 2 is 2.08 bits per heavy atom. The molecule has 0 aromatic carbocycles. The van der Waals surface area contributed by atoms with Crippen LogP contribution in [0.1, 0.15) is 45.4 Å². The Kier molecular flexibility index (Phi) is 1.27. The third-order valence-corrected chi connectivity index (χ3v) is 4.59. The summed E-state index contributed by atoms with van der Waals surface area (Å²) < 4.78 is 0. The molecule has 2 saturated heterocycles. The third-order valence-electron chi connectivity index (χ3n) is 4.59. The van der Waals surface area contributed by atoms with Crippen LogP contribution in [0.25, 0.3) is 0 Å². The Labute approximate surface area is 75.1 Å². The molecule has 1 unspecified atom stereocenters. The molecule has 0 radical (unpaired) electrons. The van der Waals surface area contributed by atoms with E-state index in [1.807, 2.05) is 0 Å². The van der Waals surface area contributed by atoms with E-state index in [9.17, 15) is 0 Å². The minimum atomic E-state index is 0.677. The number of rotatable bonds is 1. The second-order valence-corrected chi connectivity index (χ2v) is 5.28. The van der Waals surface area contributed by atoms with Crippen LogP contribution in [0.5, 0.6) is 0 Å². The van der Waals surface area contributed by atoms with Gasteiger partial charge in [-0.3, -0.25) is 4.90 Å². The summed E-state index contributed by atoms with van der Waals surface area (Å²) >= 11 is 0. The van der Waals surface area contributed by atoms with Crippen molar-refractivity contribution >= 4 is 0 Å². The first-order chi connectivity index (χ1) is 5.79. The molecule has 0 aromatic rings. The largest absolute Gasteiger partial charge is 0.297 e. The molecule has 0 amide bonds. The molecule has 12 heavy (non-hydrogen) atoms. The van der Waals surface area contributed by atoms with E-state index in [1.165, 1.54) is 51.6 Å². The van der Waals surface area contributed by atoms with Crippen molar-refractivity contribution in [3.05, 3.63) is 0 Å². The molecule has 1 saturated carbocycles. The Hall–Kier alpha value is -0.0400. The van der Waals surface area contributed by atoms with Gasteiger partial charge >= 0.3 is 0 Å². The maximum Gasteiger partial charge on any atom is 0.0213 e. The van der Waals surface area contributed by atoms with Crippen LogP contribution in [-0.4, -0.2) is 23.5 Å². The molecule has 2 aliphatic heterocycles. The molecule has 3 aliphatic rings. The van der Waals surface area contributed by atoms with Crippen molar-refractivity contribution in [3.63, 3.8) is 0 Å². The van der Waals surface area contributed by atoms with Gasteiger partial charge in [0.25, 0.3) is 0 Å². The van der Waals surface area contributed by atoms with Gasteiger partial charge in [0.2, 0.25) is 0 Å². The van der Waals surface area contributed by atoms with E-state index in [4.69, 9.17) is 0 Å². The molecular weight excluding hydrogens is 146 g/mol. The van der Waals surface area contributed by atoms with Crippen molar-refractivity contribution in [2.45, 2.75) is 51.0 Å². The molecule has 68 valence electrons. The molecule has 1 aliphatic carbocycles. The highest BCUT2D eigenvalue weighted by Gasteiger charge is 2.58. The van der Waals surface area contributed by atoms with E-state index in [0.717, 1.165) is 5.41 Å². The van der Waals surface area contributed by atoms with Crippen molar-refractivity contribution in [1.29, 1.82) is 0 Å². The summed E-state index contributed by atoms with van der Waals surface area (Å²) in [5.74, 6) is 0. The van der Waals surface area contributed by atoms with E-state index in [0.29, 0.717) is 5.54 Å². The standard InChI is InChI=1S/C11H19N/c1-2-11-4-3-7-12(11)9-10(8-11)5-6-10/h2-9H2,1H3. The molecular formula is C11H19N. The summed E-state index contributed by atoms with van der Waals surface area (Å²) in [5.41, 5.74) is 1.51. The second-order valence-electron chi connectivity index (χ2n) is 5.28. The third kappa shape index (κ3) is 0.783. The summed E-state index contributed by atoms with van der Waals surface area (Å²) in [7, 11) is 0. The molecule has 0 N–H and O–H groups in total. The van der Waals surface area contributed by atoms with Crippen LogP contribution in [0.3, 0.4) is 0 Å². The highest BCUT2D eigenvalue weighted by atomic mass is 15.3. The zero-order chi connectivity index (χ0) is 8.23. The van der Waals surface area contributed by atoms with Crippen LogP contribution in [-0.2, 0) is 0 Å². The molecule has 3 fully saturated rings. The molecule has 1 spiro atoms. The summed E-state index contributed by atoms with van der Waals surface area (Å²) in [4.78, 5) is 2.81. The van der Waals surface area contributed by atoms with Crippen LogP contribution >= 0.6 is 0 Å². The number of hydrogen-bond donors (Lipinski definition) is 0. The summed E-state index contributed by atoms with van der Waals surface area (Å²) in [6.07, 6.45) is 8.96. The van der Waals surface area contributed by atoms with Crippen molar-refractivity contribution in [2.24, 2.45) is 5.41 Å². The van der Waals surface area contributed by atoms with E-state index in [-0.39, 0.29) is 0 Å². The Balaban J connectivity index is 1.88. The van der Waals surface area contributed by atoms with Gasteiger partial charge in [-0.15, -0.1) is 0 Å². The number of fused-ring (bicyclic) bond motifs is 1. The summed E-state index contributed by atoms with van der Waals surface area (Å²) in [6, 6.07) is 0. The zero-order valence-corrected chi connectivity index (χ0v) is 8.10. The van der Waals surface area contributed by atoms with Crippen LogP contribution < -0.4 is 0 Å². The SMILES string of the molecule is CCC12CCCN1CC1(CC1)C2. The number of hydrogen-bond acceptors (Lipinski definition) is 1. The lowest BCUT2D eigenvalue weighted by molar-refractivity contribution is 0.189. The summed E-state index contributed by atoms with van der Waals surface area (Å²) in [5, 5.41) is 0. The van der Waals surface area contributed by atoms with Crippen molar-refractivity contribution in [2.75, 3.05) is 13.1 Å². The quantitative estimate of drug-likeness (QED) is 0.577. The highest BCUT2D eigenvalue weighted by Crippen LogP contribution is 2.61. The fraction of sp³-hybridized carbons (Fsp3) is 1.00. The first-order valence-electron chi connectivity index (χ1n) is 5.54. The Morgan fingerprint density at radius 3 is 2.67 bits per heavy atom. The van der Waals surface area contributed by atoms with Gasteiger partial charge < -0.3 is 0 Å². The smallest absolute Gasteiger partial charge is 0.0213 e. The average molecular weight is 165 g/mol. The fourth-order valence-corrected chi connectivity index (χ4v) is 3.64. The van der Waals surface area contributed by atoms with Crippen LogP contribution in [0, 0.1) is 5.41 Å². The van der Waals surface area contributed by atoms with Gasteiger partial charge in [-0.2, -0.15) is 0 Å². The van der Waals surface area contributed by atoms with E-state index < -0.39 is 0 Å². The first kappa shape index (κ1) is 7.37. The van der Waals surface area contributed by atoms with Crippen molar-refractivity contribution in [3.8, 4) is 0 Å². The molecule has 3 rings (SSSR count). The molecule has 0 aromatic heterocycles. The topological polar surface area (TPSA) is 3.24 Å². The molecule has 1 atom stereocenters. The fourth-order valence-electron chi connectivity index (χ4n) is 3.64. The predicted octanol–water partition coefficient (Wildman–Crippen LogP) is 2.41. The Morgan fingerprint density at radius 1 is 1.25 bits per heavy atom. The van der Waals surface area contributed by atoms with Gasteiger partial charge in [0.1, 0.15) is 0 Å². The van der Waals surface area contributed by atoms with Crippen LogP contribution in [0.15, 0.2) is 0 Å². The summed E-state index contributed by atoms with van der Waals surface area (Å²) in [6.45, 7) is 5.23. The minimum absolute atomic E-state index is 0.677. The highest BCUT2D eigenvalue weighted by molar-refractivity contribution is 5.13. The monoisotopic (exact) mass is 165 g/mol. The van der Waals surface area contributed by atoms with Crippen LogP contribution in [0.4, 0.5) is 0 Å². The van der Waals surface area contributed by atoms with Crippen molar-refractivity contribution < 1.29 is 0 Å². The Bertz CT molecular complexity index is 207. The minimum Gasteiger partial charge on any atom is -0.297 e. The van der Waals surface area contributed by atoms with Gasteiger partial charge in [-0.1, -0.05) is 6.92 Å². The molecule has 0 bridgehead atoms. The predicted molar refractivity (Wildman–Crippen MR) is 50.1 cm³/mol. The van der Waals surface area contributed by atoms with Gasteiger partial charge in [0.05, 0.1) is 0 Å². The van der Waals surface area contributed by atoms with E-state index in [1.54, 1.807) is 0 Å². The van der Waals surface area contributed by atoms with Gasteiger partial charge in [-0.25, -0.2) is 0 Å². The molecule has 1 heteroatoms. The normalized spacial score (nSPS) is 43.8. The zero-order valence-electron chi connectivity index (χ0n) is 8.10. The lowest BCUT2D eigenvalue weighted by atomic mass is 9.86. The number of nitrogens with zero attached hydrogens (tertiary/aromatic N) is 1. The maximum absolute atomic E-state index is 2.81. The first-order valence-corrected chi connectivity index (χ1v) is 5.54. The van der Waals surface area contributed by atoms with Crippen LogP contribution in [0.2, 0.25) is 0 Å². The van der Waals surface area contributed by atoms with E-state index in [2.05, 4.69) is 11.8 Å². The van der Waals surface area contributed by atoms with Gasteiger partial charge in [0.15, 0.2) is 0 Å². The second kappa shape index (κ2) is 2.06. The van der Waals surface area contributed by atoms with Gasteiger partial charge in [0, 0.05) is 12.1 Å². The van der Waals surface area contributed by atoms with Crippen molar-refractivity contribution in [1.82, 2.24) is 4.90 Å².